The maximum Gasteiger partial charge on any atom is 1.00 e. The Morgan fingerprint density at radius 1 is 1.17 bits per heavy atom. The number of unbranched alkanes of at least 4 members (excludes halogenated alkanes) is 1. The van der Waals surface area contributed by atoms with E-state index in [-0.39, 0.29) is 94.4 Å². The third-order valence-electron chi connectivity index (χ3n) is 3.34. The van der Waals surface area contributed by atoms with Crippen molar-refractivity contribution in [3.63, 3.8) is 0 Å². The summed E-state index contributed by atoms with van der Waals surface area (Å²) in [4.78, 5) is 33.5. The van der Waals surface area contributed by atoms with E-state index in [4.69, 9.17) is 10.2 Å². The third kappa shape index (κ3) is 13.0. The molecule has 0 bridgehead atoms. The van der Waals surface area contributed by atoms with Crippen LogP contribution >= 0.6 is 0 Å². The number of aliphatic hydroxyl groups is 1. The molecule has 0 aromatic rings. The van der Waals surface area contributed by atoms with Crippen LogP contribution in [0.15, 0.2) is 12.2 Å². The molecule has 132 valence electrons. The van der Waals surface area contributed by atoms with Crippen molar-refractivity contribution in [3.05, 3.63) is 12.2 Å². The molecule has 0 heterocycles. The van der Waals surface area contributed by atoms with Crippen molar-refractivity contribution in [3.8, 4) is 0 Å². The van der Waals surface area contributed by atoms with Gasteiger partial charge in [-0.25, -0.2) is 4.79 Å². The zero-order valence-corrected chi connectivity index (χ0v) is 17.6. The summed E-state index contributed by atoms with van der Waals surface area (Å²) in [6, 6.07) is 0. The van der Waals surface area contributed by atoms with Gasteiger partial charge in [-0.1, -0.05) is 25.5 Å². The van der Waals surface area contributed by atoms with Gasteiger partial charge in [-0.2, -0.15) is 0 Å². The van der Waals surface area contributed by atoms with E-state index in [0.717, 1.165) is 12.8 Å². The Kier molecular flexibility index (Phi) is 16.2. The first-order chi connectivity index (χ1) is 10.8. The SMILES string of the molecule is CCC/C=C/CC(=O)NCC[N+](CCO)(CC(=O)[O-])CC(=O)O.[K+]. The van der Waals surface area contributed by atoms with Crippen LogP contribution in [-0.2, 0) is 14.4 Å². The second-order valence-electron chi connectivity index (χ2n) is 5.41. The van der Waals surface area contributed by atoms with Gasteiger partial charge in [0.2, 0.25) is 5.91 Å². The fraction of sp³-hybridized carbons (Fsp3) is 0.667. The maximum absolute atomic E-state index is 11.6. The van der Waals surface area contributed by atoms with Gasteiger partial charge in [-0.15, -0.1) is 0 Å². The van der Waals surface area contributed by atoms with Gasteiger partial charge in [0.1, 0.15) is 13.1 Å². The molecular weight excluding hydrogens is 343 g/mol. The molecule has 0 aliphatic rings. The van der Waals surface area contributed by atoms with Crippen molar-refractivity contribution in [2.45, 2.75) is 26.2 Å². The van der Waals surface area contributed by atoms with Gasteiger partial charge >= 0.3 is 57.4 Å². The number of carbonyl (C=O) groups is 3. The number of aliphatic hydroxyl groups excluding tert-OH is 1. The van der Waals surface area contributed by atoms with Crippen LogP contribution in [0.1, 0.15) is 26.2 Å². The van der Waals surface area contributed by atoms with Crippen LogP contribution in [0.3, 0.4) is 0 Å². The average Bonchev–Trinajstić information content (AvgIpc) is 2.42. The van der Waals surface area contributed by atoms with Crippen molar-refractivity contribution in [2.75, 3.05) is 39.3 Å². The summed E-state index contributed by atoms with van der Waals surface area (Å²) >= 11 is 0. The van der Waals surface area contributed by atoms with E-state index < -0.39 is 25.0 Å². The van der Waals surface area contributed by atoms with Crippen LogP contribution in [0.25, 0.3) is 0 Å². The van der Waals surface area contributed by atoms with Crippen molar-refractivity contribution in [1.82, 2.24) is 5.32 Å². The van der Waals surface area contributed by atoms with E-state index in [0.29, 0.717) is 0 Å². The molecule has 0 fully saturated rings. The van der Waals surface area contributed by atoms with Gasteiger partial charge in [0.15, 0.2) is 6.54 Å². The van der Waals surface area contributed by atoms with E-state index in [9.17, 15) is 19.5 Å². The molecule has 1 amide bonds. The van der Waals surface area contributed by atoms with E-state index in [1.54, 1.807) is 6.08 Å². The molecule has 24 heavy (non-hydrogen) atoms. The number of hydrogen-bond donors (Lipinski definition) is 3. The summed E-state index contributed by atoms with van der Waals surface area (Å²) in [5.74, 6) is -2.79. The smallest absolute Gasteiger partial charge is 0.544 e. The Balaban J connectivity index is 0. The zero-order chi connectivity index (χ0) is 17.7. The number of nitrogens with zero attached hydrogens (tertiary/aromatic N) is 1. The predicted molar refractivity (Wildman–Crippen MR) is 81.1 cm³/mol. The summed E-state index contributed by atoms with van der Waals surface area (Å²) in [5, 5.41) is 31.5. The average molecular weight is 369 g/mol. The summed E-state index contributed by atoms with van der Waals surface area (Å²) in [6.45, 7) is 0.871. The molecule has 0 saturated heterocycles. The Morgan fingerprint density at radius 2 is 1.83 bits per heavy atom. The Morgan fingerprint density at radius 3 is 2.33 bits per heavy atom. The van der Waals surface area contributed by atoms with Crippen molar-refractivity contribution in [2.24, 2.45) is 0 Å². The number of allylic oxidation sites excluding steroid dienone is 1. The van der Waals surface area contributed by atoms with Gasteiger partial charge in [0.25, 0.3) is 0 Å². The van der Waals surface area contributed by atoms with Gasteiger partial charge in [-0.05, 0) is 6.42 Å². The number of carboxylic acid groups (broad SMARTS) is 2. The fourth-order valence-electron chi connectivity index (χ4n) is 2.24. The number of nitrogens with one attached hydrogen (secondary N) is 1. The van der Waals surface area contributed by atoms with E-state index in [1.807, 2.05) is 13.0 Å². The molecule has 0 aliphatic carbocycles. The molecule has 3 N–H and O–H groups in total. The normalized spacial score (nSPS) is 13.1. The summed E-state index contributed by atoms with van der Waals surface area (Å²) in [7, 11) is 0. The first-order valence-corrected chi connectivity index (χ1v) is 7.64. The molecule has 0 aromatic heterocycles. The Bertz CT molecular complexity index is 412. The molecule has 1 unspecified atom stereocenters. The number of rotatable bonds is 13. The van der Waals surface area contributed by atoms with Crippen LogP contribution in [-0.4, -0.2) is 71.9 Å². The molecular formula is C15H26KN2O6+. The summed E-state index contributed by atoms with van der Waals surface area (Å²) in [5.41, 5.74) is 0. The molecule has 0 aromatic carbocycles. The van der Waals surface area contributed by atoms with E-state index in [2.05, 4.69) is 5.32 Å². The number of carboxylic acids is 2. The number of amides is 1. The molecule has 0 spiro atoms. The predicted octanol–water partition coefficient (Wildman–Crippen LogP) is -4.50. The van der Waals surface area contributed by atoms with Gasteiger partial charge in [0.05, 0.1) is 25.7 Å². The third-order valence-corrected chi connectivity index (χ3v) is 3.34. The second kappa shape index (κ2) is 15.0. The van der Waals surface area contributed by atoms with Crippen molar-refractivity contribution in [1.29, 1.82) is 0 Å². The van der Waals surface area contributed by atoms with Crippen LogP contribution in [0.5, 0.6) is 0 Å². The molecule has 1 atom stereocenters. The van der Waals surface area contributed by atoms with E-state index >= 15 is 0 Å². The second-order valence-corrected chi connectivity index (χ2v) is 5.41. The topological polar surface area (TPSA) is 127 Å². The first kappa shape index (κ1) is 25.9. The maximum atomic E-state index is 11.6. The Hall–Kier alpha value is -0.294. The first-order valence-electron chi connectivity index (χ1n) is 7.64. The fourth-order valence-corrected chi connectivity index (χ4v) is 2.24. The molecule has 0 rings (SSSR count). The van der Waals surface area contributed by atoms with Crippen molar-refractivity contribution < 1.29 is 85.6 Å². The zero-order valence-electron chi connectivity index (χ0n) is 14.5. The number of hydrogen-bond acceptors (Lipinski definition) is 5. The Labute approximate surface area is 184 Å². The molecule has 8 nitrogen and oxygen atoms in total. The number of quaternary nitrogens is 1. The molecule has 0 radical (unpaired) electrons. The molecule has 0 aliphatic heterocycles. The standard InChI is InChI=1S/C15H26N2O6.K/c1-2-3-4-5-6-13(19)16-7-8-17(9-10-18,11-14(20)21)12-15(22)23;/h4-5,18H,2-3,6-12H2,1H3,(H2-,16,19,20,21,22,23);/q;+1/b5-4+;. The minimum atomic E-state index is -1.39. The summed E-state index contributed by atoms with van der Waals surface area (Å²) in [6.07, 6.45) is 5.78. The molecule has 9 heteroatoms. The van der Waals surface area contributed by atoms with Crippen LogP contribution in [0.2, 0.25) is 0 Å². The van der Waals surface area contributed by atoms with Crippen molar-refractivity contribution >= 4 is 17.8 Å². The van der Waals surface area contributed by atoms with Gasteiger partial charge in [-0.3, -0.25) is 4.79 Å². The quantitative estimate of drug-likeness (QED) is 0.171. The van der Waals surface area contributed by atoms with Gasteiger partial charge < -0.3 is 29.9 Å². The number of carbonyl (C=O) groups excluding carboxylic acids is 2. The summed E-state index contributed by atoms with van der Waals surface area (Å²) < 4.78 is -0.375. The monoisotopic (exact) mass is 369 g/mol. The largest absolute Gasteiger partial charge is 1.00 e. The van der Waals surface area contributed by atoms with Crippen LogP contribution in [0.4, 0.5) is 0 Å². The number of aliphatic carboxylic acids is 2. The minimum absolute atomic E-state index is 0. The minimum Gasteiger partial charge on any atom is -0.544 e. The molecule has 0 saturated carbocycles. The van der Waals surface area contributed by atoms with Crippen LogP contribution in [0, 0.1) is 0 Å². The van der Waals surface area contributed by atoms with E-state index in [1.165, 1.54) is 0 Å². The van der Waals surface area contributed by atoms with Gasteiger partial charge in [0, 0.05) is 6.42 Å². The van der Waals surface area contributed by atoms with Crippen LogP contribution < -0.4 is 61.8 Å².